The number of guanidine groups is 1. The number of aliphatic imine (C=N–C) groups is 1. The number of hydrogen-bond donors (Lipinski definition) is 1. The average Bonchev–Trinajstić information content (AvgIpc) is 3.01. The molecule has 1 aliphatic rings. The molecule has 2 aromatic rings. The molecule has 0 spiro atoms. The lowest BCUT2D eigenvalue weighted by Gasteiger charge is -2.17. The number of rotatable bonds is 2. The van der Waals surface area contributed by atoms with Gasteiger partial charge in [0.15, 0.2) is 11.5 Å². The molecule has 0 saturated carbocycles. The van der Waals surface area contributed by atoms with Crippen molar-refractivity contribution < 1.29 is 4.79 Å². The molecule has 2 N–H and O–H groups in total. The zero-order chi connectivity index (χ0) is 15.2. The highest BCUT2D eigenvalue weighted by Gasteiger charge is 2.44. The van der Waals surface area contributed by atoms with Crippen LogP contribution < -0.4 is 5.73 Å². The molecule has 2 aromatic heterocycles. The number of halogens is 1. The molecule has 0 radical (unpaired) electrons. The maximum atomic E-state index is 12.3. The van der Waals surface area contributed by atoms with E-state index in [4.69, 9.17) is 17.3 Å². The van der Waals surface area contributed by atoms with E-state index in [1.807, 2.05) is 11.4 Å². The molecule has 7 heteroatoms. The molecule has 3 rings (SSSR count). The van der Waals surface area contributed by atoms with Crippen molar-refractivity contribution in [1.82, 2.24) is 9.88 Å². The highest BCUT2D eigenvalue weighted by atomic mass is 35.5. The van der Waals surface area contributed by atoms with Crippen molar-refractivity contribution in [2.75, 3.05) is 7.05 Å². The summed E-state index contributed by atoms with van der Waals surface area (Å²) < 4.78 is 0. The Morgan fingerprint density at radius 2 is 2.19 bits per heavy atom. The molecule has 1 amide bonds. The zero-order valence-electron chi connectivity index (χ0n) is 11.5. The van der Waals surface area contributed by atoms with E-state index in [1.165, 1.54) is 16.2 Å². The number of thiophene rings is 1. The lowest BCUT2D eigenvalue weighted by atomic mass is 9.99. The van der Waals surface area contributed by atoms with Gasteiger partial charge in [0.2, 0.25) is 0 Å². The van der Waals surface area contributed by atoms with Crippen LogP contribution in [-0.2, 0) is 10.3 Å². The number of carbonyl (C=O) groups excluding carboxylic acids is 1. The minimum absolute atomic E-state index is 0.132. The molecule has 1 unspecified atom stereocenters. The van der Waals surface area contributed by atoms with E-state index in [0.717, 1.165) is 16.1 Å². The summed E-state index contributed by atoms with van der Waals surface area (Å²) in [5, 5.41) is 2.56. The number of nitrogens with two attached hydrogens (primary N) is 1. The summed E-state index contributed by atoms with van der Waals surface area (Å²) in [5.41, 5.74) is 6.47. The predicted octanol–water partition coefficient (Wildman–Crippen LogP) is 2.47. The fourth-order valence-corrected chi connectivity index (χ4v) is 3.39. The molecule has 0 bridgehead atoms. The Morgan fingerprint density at radius 3 is 2.81 bits per heavy atom. The number of aromatic nitrogens is 1. The van der Waals surface area contributed by atoms with Crippen molar-refractivity contribution in [3.63, 3.8) is 0 Å². The maximum Gasteiger partial charge on any atom is 0.262 e. The Morgan fingerprint density at radius 1 is 1.43 bits per heavy atom. The third-order valence-electron chi connectivity index (χ3n) is 3.50. The third-order valence-corrected chi connectivity index (χ3v) is 4.88. The smallest absolute Gasteiger partial charge is 0.262 e. The van der Waals surface area contributed by atoms with E-state index in [9.17, 15) is 4.79 Å². The second-order valence-corrected chi connectivity index (χ2v) is 6.31. The van der Waals surface area contributed by atoms with E-state index in [1.54, 1.807) is 32.3 Å². The van der Waals surface area contributed by atoms with Gasteiger partial charge in [0, 0.05) is 34.1 Å². The lowest BCUT2D eigenvalue weighted by molar-refractivity contribution is -0.129. The predicted molar refractivity (Wildman–Crippen MR) is 84.3 cm³/mol. The van der Waals surface area contributed by atoms with Crippen molar-refractivity contribution in [3.05, 3.63) is 39.7 Å². The quantitative estimate of drug-likeness (QED) is 0.924. The number of likely N-dealkylation sites (N-methyl/N-ethyl adjacent to an activating group) is 1. The van der Waals surface area contributed by atoms with E-state index in [-0.39, 0.29) is 11.9 Å². The summed E-state index contributed by atoms with van der Waals surface area (Å²) in [6.07, 6.45) is 1.65. The topological polar surface area (TPSA) is 71.6 Å². The first-order valence-electron chi connectivity index (χ1n) is 6.26. The minimum atomic E-state index is -0.958. The second-order valence-electron chi connectivity index (χ2n) is 4.97. The van der Waals surface area contributed by atoms with Crippen LogP contribution in [0.4, 0.5) is 0 Å². The Kier molecular flexibility index (Phi) is 3.22. The molecule has 0 saturated heterocycles. The molecule has 0 aliphatic carbocycles. The summed E-state index contributed by atoms with van der Waals surface area (Å²) in [7, 11) is 1.62. The first-order valence-corrected chi connectivity index (χ1v) is 7.52. The second kappa shape index (κ2) is 4.82. The summed E-state index contributed by atoms with van der Waals surface area (Å²) in [4.78, 5) is 23.1. The van der Waals surface area contributed by atoms with Crippen molar-refractivity contribution in [2.45, 2.75) is 12.5 Å². The molecular weight excluding hydrogens is 308 g/mol. The van der Waals surface area contributed by atoms with Crippen LogP contribution in [0.15, 0.2) is 34.8 Å². The van der Waals surface area contributed by atoms with Gasteiger partial charge in [-0.2, -0.15) is 0 Å². The molecule has 0 aromatic carbocycles. The fraction of sp³-hybridized carbons (Fsp3) is 0.214. The molecule has 3 heterocycles. The van der Waals surface area contributed by atoms with Crippen LogP contribution >= 0.6 is 22.9 Å². The molecule has 0 fully saturated rings. The van der Waals surface area contributed by atoms with Crippen molar-refractivity contribution in [3.8, 4) is 11.3 Å². The first kappa shape index (κ1) is 14.0. The van der Waals surface area contributed by atoms with E-state index in [0.29, 0.717) is 5.02 Å². The molecule has 1 aliphatic heterocycles. The third kappa shape index (κ3) is 2.20. The molecule has 5 nitrogen and oxygen atoms in total. The van der Waals surface area contributed by atoms with Gasteiger partial charge in [0.05, 0.1) is 5.69 Å². The average molecular weight is 321 g/mol. The highest BCUT2D eigenvalue weighted by molar-refractivity contribution is 7.10. The Hall–Kier alpha value is -1.92. The van der Waals surface area contributed by atoms with Crippen molar-refractivity contribution in [1.29, 1.82) is 0 Å². The summed E-state index contributed by atoms with van der Waals surface area (Å²) >= 11 is 7.44. The van der Waals surface area contributed by atoms with Gasteiger partial charge >= 0.3 is 0 Å². The molecule has 1 atom stereocenters. The highest BCUT2D eigenvalue weighted by Crippen LogP contribution is 2.38. The van der Waals surface area contributed by atoms with Gasteiger partial charge in [-0.15, -0.1) is 11.3 Å². The summed E-state index contributed by atoms with van der Waals surface area (Å²) in [6.45, 7) is 1.77. The lowest BCUT2D eigenvalue weighted by Crippen LogP contribution is -2.38. The van der Waals surface area contributed by atoms with Gasteiger partial charge in [-0.25, -0.2) is 4.99 Å². The SMILES string of the molecule is CN1C(=O)C(C)(c2cc(-c3cc(Cl)ccn3)cs2)N=C1N. The van der Waals surface area contributed by atoms with Crippen LogP contribution in [-0.4, -0.2) is 28.8 Å². The number of carbonyl (C=O) groups is 1. The number of hydrogen-bond acceptors (Lipinski definition) is 5. The van der Waals surface area contributed by atoms with Gasteiger partial charge in [-0.3, -0.25) is 14.7 Å². The van der Waals surface area contributed by atoms with Crippen LogP contribution in [0.25, 0.3) is 11.3 Å². The minimum Gasteiger partial charge on any atom is -0.369 e. The molecule has 108 valence electrons. The first-order chi connectivity index (χ1) is 9.91. The van der Waals surface area contributed by atoms with Crippen LogP contribution in [0.2, 0.25) is 5.02 Å². The van der Waals surface area contributed by atoms with Crippen LogP contribution in [0, 0.1) is 0 Å². The Balaban J connectivity index is 2.01. The normalized spacial score (nSPS) is 21.8. The summed E-state index contributed by atoms with van der Waals surface area (Å²) in [5.74, 6) is 0.103. The van der Waals surface area contributed by atoms with Gasteiger partial charge in [0.1, 0.15) is 0 Å². The fourth-order valence-electron chi connectivity index (χ4n) is 2.23. The Bertz CT molecular complexity index is 757. The van der Waals surface area contributed by atoms with E-state index in [2.05, 4.69) is 9.98 Å². The standard InChI is InChI=1S/C14H13ClN4OS/c1-14(12(20)19(2)13(16)18-14)11-5-8(7-21-11)10-6-9(15)3-4-17-10/h3-7H,1-2H3,(H2,16,18). The Labute approximate surface area is 131 Å². The van der Waals surface area contributed by atoms with Crippen molar-refractivity contribution >= 4 is 34.8 Å². The van der Waals surface area contributed by atoms with Crippen LogP contribution in [0.3, 0.4) is 0 Å². The summed E-state index contributed by atoms with van der Waals surface area (Å²) in [6, 6.07) is 5.42. The van der Waals surface area contributed by atoms with Crippen LogP contribution in [0.5, 0.6) is 0 Å². The maximum absolute atomic E-state index is 12.3. The number of pyridine rings is 1. The van der Waals surface area contributed by atoms with Gasteiger partial charge in [-0.05, 0) is 25.1 Å². The van der Waals surface area contributed by atoms with Crippen LogP contribution in [0.1, 0.15) is 11.8 Å². The van der Waals surface area contributed by atoms with E-state index < -0.39 is 5.54 Å². The van der Waals surface area contributed by atoms with Gasteiger partial charge in [-0.1, -0.05) is 11.6 Å². The van der Waals surface area contributed by atoms with Crippen molar-refractivity contribution in [2.24, 2.45) is 10.7 Å². The van der Waals surface area contributed by atoms with Gasteiger partial charge < -0.3 is 5.73 Å². The number of nitrogens with zero attached hydrogens (tertiary/aromatic N) is 3. The monoisotopic (exact) mass is 320 g/mol. The molecule has 21 heavy (non-hydrogen) atoms. The molecular formula is C14H13ClN4OS. The van der Waals surface area contributed by atoms with Gasteiger partial charge in [0.25, 0.3) is 5.91 Å². The zero-order valence-corrected chi connectivity index (χ0v) is 13.1. The van der Waals surface area contributed by atoms with E-state index >= 15 is 0 Å². The number of amides is 1. The largest absolute Gasteiger partial charge is 0.369 e.